The van der Waals surface area contributed by atoms with E-state index >= 15 is 0 Å². The standard InChI is InChI=1S/C9H15N/c1-5-6-8(2)7-9(3)10-4/h5-6,10H,1,3,7H2,2,4H3/b8-6+. The molecule has 0 aromatic carbocycles. The number of rotatable bonds is 4. The predicted octanol–water partition coefficient (Wildman–Crippen LogP) is 2.24. The van der Waals surface area contributed by atoms with Gasteiger partial charge in [0, 0.05) is 19.2 Å². The molecular formula is C9H15N. The van der Waals surface area contributed by atoms with Crippen LogP contribution in [0.5, 0.6) is 0 Å². The molecule has 0 radical (unpaired) electrons. The molecule has 1 nitrogen and oxygen atoms in total. The molecule has 0 spiro atoms. The van der Waals surface area contributed by atoms with Gasteiger partial charge >= 0.3 is 0 Å². The van der Waals surface area contributed by atoms with Crippen LogP contribution >= 0.6 is 0 Å². The molecule has 1 heteroatoms. The van der Waals surface area contributed by atoms with Gasteiger partial charge in [-0.3, -0.25) is 0 Å². The van der Waals surface area contributed by atoms with Crippen molar-refractivity contribution in [1.29, 1.82) is 0 Å². The summed E-state index contributed by atoms with van der Waals surface area (Å²) in [6.45, 7) is 9.48. The highest BCUT2D eigenvalue weighted by molar-refractivity contribution is 5.14. The third-order valence-corrected chi connectivity index (χ3v) is 1.25. The maximum atomic E-state index is 3.81. The summed E-state index contributed by atoms with van der Waals surface area (Å²) in [6.07, 6.45) is 4.68. The minimum atomic E-state index is 0.905. The normalized spacial score (nSPS) is 10.8. The van der Waals surface area contributed by atoms with E-state index in [-0.39, 0.29) is 0 Å². The van der Waals surface area contributed by atoms with Crippen LogP contribution in [0.25, 0.3) is 0 Å². The lowest BCUT2D eigenvalue weighted by Gasteiger charge is -2.02. The van der Waals surface area contributed by atoms with Crippen molar-refractivity contribution < 1.29 is 0 Å². The van der Waals surface area contributed by atoms with E-state index in [1.165, 1.54) is 5.57 Å². The highest BCUT2D eigenvalue weighted by atomic mass is 14.8. The quantitative estimate of drug-likeness (QED) is 0.586. The van der Waals surface area contributed by atoms with Crippen LogP contribution in [0.2, 0.25) is 0 Å². The molecule has 0 aliphatic heterocycles. The summed E-state index contributed by atoms with van der Waals surface area (Å²) in [5, 5.41) is 2.98. The molecule has 0 heterocycles. The van der Waals surface area contributed by atoms with Gasteiger partial charge in [0.05, 0.1) is 0 Å². The first-order chi connectivity index (χ1) is 4.70. The molecule has 0 rings (SSSR count). The second kappa shape index (κ2) is 4.86. The van der Waals surface area contributed by atoms with Crippen LogP contribution < -0.4 is 5.32 Å². The Kier molecular flexibility index (Phi) is 4.38. The number of nitrogens with one attached hydrogen (secondary N) is 1. The van der Waals surface area contributed by atoms with Crippen LogP contribution in [0.15, 0.2) is 36.6 Å². The molecule has 0 bridgehead atoms. The Morgan fingerprint density at radius 3 is 2.60 bits per heavy atom. The SMILES string of the molecule is C=C/C=C(\C)CC(=C)NC. The second-order valence-corrected chi connectivity index (χ2v) is 2.28. The van der Waals surface area contributed by atoms with Gasteiger partial charge in [-0.2, -0.15) is 0 Å². The van der Waals surface area contributed by atoms with E-state index in [0.717, 1.165) is 12.1 Å². The molecular weight excluding hydrogens is 122 g/mol. The first-order valence-corrected chi connectivity index (χ1v) is 3.34. The lowest BCUT2D eigenvalue weighted by atomic mass is 10.2. The van der Waals surface area contributed by atoms with Gasteiger partial charge in [-0.15, -0.1) is 0 Å². The molecule has 0 aromatic rings. The molecule has 1 N–H and O–H groups in total. The molecule has 0 saturated heterocycles. The van der Waals surface area contributed by atoms with Crippen molar-refractivity contribution >= 4 is 0 Å². The van der Waals surface area contributed by atoms with Crippen molar-refractivity contribution in [3.05, 3.63) is 36.6 Å². The zero-order valence-corrected chi connectivity index (χ0v) is 6.78. The fourth-order valence-corrected chi connectivity index (χ4v) is 0.685. The summed E-state index contributed by atoms with van der Waals surface area (Å²) in [5.74, 6) is 0. The first-order valence-electron chi connectivity index (χ1n) is 3.34. The van der Waals surface area contributed by atoms with Gasteiger partial charge in [0.25, 0.3) is 0 Å². The fraction of sp³-hybridized carbons (Fsp3) is 0.333. The van der Waals surface area contributed by atoms with Gasteiger partial charge in [-0.1, -0.05) is 30.9 Å². The Morgan fingerprint density at radius 2 is 2.20 bits per heavy atom. The van der Waals surface area contributed by atoms with E-state index in [1.54, 1.807) is 6.08 Å². The summed E-state index contributed by atoms with van der Waals surface area (Å²) in [4.78, 5) is 0. The molecule has 0 amide bonds. The number of hydrogen-bond acceptors (Lipinski definition) is 1. The van der Waals surface area contributed by atoms with E-state index in [9.17, 15) is 0 Å². The van der Waals surface area contributed by atoms with Crippen molar-refractivity contribution in [1.82, 2.24) is 5.32 Å². The minimum Gasteiger partial charge on any atom is -0.392 e. The highest BCUT2D eigenvalue weighted by Gasteiger charge is 1.89. The fourth-order valence-electron chi connectivity index (χ4n) is 0.685. The minimum absolute atomic E-state index is 0.905. The molecule has 0 aliphatic rings. The third kappa shape index (κ3) is 3.96. The van der Waals surface area contributed by atoms with Crippen LogP contribution in [0, 0.1) is 0 Å². The van der Waals surface area contributed by atoms with E-state index in [4.69, 9.17) is 0 Å². The maximum absolute atomic E-state index is 3.81. The van der Waals surface area contributed by atoms with Gasteiger partial charge in [-0.05, 0) is 6.92 Å². The summed E-state index contributed by atoms with van der Waals surface area (Å²) in [7, 11) is 1.88. The van der Waals surface area contributed by atoms with Crippen LogP contribution in [0.4, 0.5) is 0 Å². The molecule has 0 saturated carbocycles. The molecule has 0 unspecified atom stereocenters. The van der Waals surface area contributed by atoms with Crippen LogP contribution in [0.1, 0.15) is 13.3 Å². The Labute approximate surface area is 63.1 Å². The van der Waals surface area contributed by atoms with Crippen LogP contribution in [-0.2, 0) is 0 Å². The summed E-state index contributed by atoms with van der Waals surface area (Å²) in [6, 6.07) is 0. The second-order valence-electron chi connectivity index (χ2n) is 2.28. The maximum Gasteiger partial charge on any atom is 0.00758 e. The summed E-state index contributed by atoms with van der Waals surface area (Å²) >= 11 is 0. The van der Waals surface area contributed by atoms with Crippen molar-refractivity contribution in [2.24, 2.45) is 0 Å². The summed E-state index contributed by atoms with van der Waals surface area (Å²) < 4.78 is 0. The Balaban J connectivity index is 3.78. The number of allylic oxidation sites excluding steroid dienone is 3. The first kappa shape index (κ1) is 9.02. The highest BCUT2D eigenvalue weighted by Crippen LogP contribution is 2.04. The van der Waals surface area contributed by atoms with Gasteiger partial charge in [0.1, 0.15) is 0 Å². The Bertz CT molecular complexity index is 154. The lowest BCUT2D eigenvalue weighted by molar-refractivity contribution is 0.919. The number of hydrogen-bond donors (Lipinski definition) is 1. The monoisotopic (exact) mass is 137 g/mol. The van der Waals surface area contributed by atoms with Crippen molar-refractivity contribution in [2.45, 2.75) is 13.3 Å². The molecule has 10 heavy (non-hydrogen) atoms. The topological polar surface area (TPSA) is 12.0 Å². The molecule has 0 aromatic heterocycles. The van der Waals surface area contributed by atoms with Gasteiger partial charge < -0.3 is 5.32 Å². The Morgan fingerprint density at radius 1 is 1.60 bits per heavy atom. The predicted molar refractivity (Wildman–Crippen MR) is 46.8 cm³/mol. The van der Waals surface area contributed by atoms with Crippen LogP contribution in [-0.4, -0.2) is 7.05 Å². The smallest absolute Gasteiger partial charge is 0.00758 e. The lowest BCUT2D eigenvalue weighted by Crippen LogP contribution is -2.03. The zero-order valence-electron chi connectivity index (χ0n) is 6.78. The average molecular weight is 137 g/mol. The van der Waals surface area contributed by atoms with Crippen molar-refractivity contribution in [3.63, 3.8) is 0 Å². The molecule has 56 valence electrons. The van der Waals surface area contributed by atoms with E-state index < -0.39 is 0 Å². The van der Waals surface area contributed by atoms with Gasteiger partial charge in [-0.25, -0.2) is 0 Å². The largest absolute Gasteiger partial charge is 0.392 e. The molecule has 0 aliphatic carbocycles. The molecule has 0 fully saturated rings. The van der Waals surface area contributed by atoms with E-state index in [2.05, 4.69) is 25.4 Å². The summed E-state index contributed by atoms with van der Waals surface area (Å²) in [5.41, 5.74) is 2.31. The van der Waals surface area contributed by atoms with Gasteiger partial charge in [0.2, 0.25) is 0 Å². The Hall–Kier alpha value is -0.980. The third-order valence-electron chi connectivity index (χ3n) is 1.25. The van der Waals surface area contributed by atoms with Crippen LogP contribution in [0.3, 0.4) is 0 Å². The van der Waals surface area contributed by atoms with E-state index in [1.807, 2.05) is 13.1 Å². The van der Waals surface area contributed by atoms with Gasteiger partial charge in [0.15, 0.2) is 0 Å². The van der Waals surface area contributed by atoms with Crippen molar-refractivity contribution in [2.75, 3.05) is 7.05 Å². The van der Waals surface area contributed by atoms with E-state index in [0.29, 0.717) is 0 Å². The van der Waals surface area contributed by atoms with Crippen molar-refractivity contribution in [3.8, 4) is 0 Å². The average Bonchev–Trinajstić information content (AvgIpc) is 1.88. The zero-order chi connectivity index (χ0) is 7.98. The molecule has 0 atom stereocenters.